The molecule has 0 aliphatic rings. The van der Waals surface area contributed by atoms with Gasteiger partial charge in [0.1, 0.15) is 0 Å². The van der Waals surface area contributed by atoms with Gasteiger partial charge in [-0.05, 0) is 36.1 Å². The van der Waals surface area contributed by atoms with Gasteiger partial charge >= 0.3 is 0 Å². The quantitative estimate of drug-likeness (QED) is 0.655. The molecule has 0 radical (unpaired) electrons. The number of non-ortho nitro benzene ring substituents is 1. The van der Waals surface area contributed by atoms with E-state index in [4.69, 9.17) is 9.47 Å². The number of ether oxygens (including phenoxy) is 2. The summed E-state index contributed by atoms with van der Waals surface area (Å²) in [6.07, 6.45) is 1.42. The summed E-state index contributed by atoms with van der Waals surface area (Å²) < 4.78 is 10.2. The zero-order chi connectivity index (χ0) is 16.1. The van der Waals surface area contributed by atoms with Crippen molar-refractivity contribution in [3.63, 3.8) is 0 Å². The normalized spacial score (nSPS) is 10.3. The van der Waals surface area contributed by atoms with Crippen LogP contribution in [-0.4, -0.2) is 24.2 Å². The van der Waals surface area contributed by atoms with Crippen LogP contribution < -0.4 is 9.47 Å². The van der Waals surface area contributed by atoms with Crippen LogP contribution in [0, 0.1) is 10.1 Å². The van der Waals surface area contributed by atoms with Crippen molar-refractivity contribution in [2.24, 2.45) is 0 Å². The van der Waals surface area contributed by atoms with Gasteiger partial charge in [-0.25, -0.2) is 0 Å². The lowest BCUT2D eigenvalue weighted by Gasteiger charge is -2.11. The fourth-order valence-corrected chi connectivity index (χ4v) is 2.17. The molecule has 2 aromatic rings. The van der Waals surface area contributed by atoms with Crippen molar-refractivity contribution in [2.75, 3.05) is 14.2 Å². The summed E-state index contributed by atoms with van der Waals surface area (Å²) in [7, 11) is 2.96. The molecule has 0 spiro atoms. The Morgan fingerprint density at radius 1 is 1.00 bits per heavy atom. The number of phenolic OH excluding ortho intramolecular Hbond substituents is 1. The van der Waals surface area contributed by atoms with E-state index >= 15 is 0 Å². The van der Waals surface area contributed by atoms with Gasteiger partial charge in [0.25, 0.3) is 5.69 Å². The standard InChI is InChI=1S/C16H17NO5/c1-21-14-9-12(10-15(22-2)16(14)18)4-3-11-5-7-13(8-6-11)17(19)20/h5-10,18H,3-4H2,1-2H3. The number of benzene rings is 2. The average Bonchev–Trinajstić information content (AvgIpc) is 2.54. The highest BCUT2D eigenvalue weighted by molar-refractivity contribution is 5.52. The monoisotopic (exact) mass is 303 g/mol. The first-order chi connectivity index (χ1) is 10.5. The number of hydrogen-bond donors (Lipinski definition) is 1. The van der Waals surface area contributed by atoms with Crippen molar-refractivity contribution in [3.05, 3.63) is 57.6 Å². The molecule has 6 heteroatoms. The summed E-state index contributed by atoms with van der Waals surface area (Å²) in [6, 6.07) is 9.98. The average molecular weight is 303 g/mol. The molecule has 0 bridgehead atoms. The molecule has 0 unspecified atom stereocenters. The second kappa shape index (κ2) is 6.80. The van der Waals surface area contributed by atoms with E-state index in [1.807, 2.05) is 0 Å². The predicted molar refractivity (Wildman–Crippen MR) is 81.7 cm³/mol. The van der Waals surface area contributed by atoms with Gasteiger partial charge in [0.2, 0.25) is 5.75 Å². The van der Waals surface area contributed by atoms with Crippen molar-refractivity contribution in [1.29, 1.82) is 0 Å². The number of nitro groups is 1. The Morgan fingerprint density at radius 2 is 1.50 bits per heavy atom. The number of rotatable bonds is 6. The van der Waals surface area contributed by atoms with Crippen LogP contribution in [0.25, 0.3) is 0 Å². The van der Waals surface area contributed by atoms with E-state index in [-0.39, 0.29) is 11.4 Å². The molecule has 0 saturated carbocycles. The van der Waals surface area contributed by atoms with Crippen molar-refractivity contribution >= 4 is 5.69 Å². The Balaban J connectivity index is 2.12. The largest absolute Gasteiger partial charge is 0.502 e. The fourth-order valence-electron chi connectivity index (χ4n) is 2.17. The molecule has 0 heterocycles. The Kier molecular flexibility index (Phi) is 4.83. The highest BCUT2D eigenvalue weighted by Gasteiger charge is 2.11. The number of methoxy groups -OCH3 is 2. The molecule has 0 amide bonds. The first kappa shape index (κ1) is 15.6. The number of aromatic hydroxyl groups is 1. The van der Waals surface area contributed by atoms with E-state index in [9.17, 15) is 15.2 Å². The minimum absolute atomic E-state index is 0.0240. The molecule has 0 saturated heterocycles. The minimum atomic E-state index is -0.417. The fraction of sp³-hybridized carbons (Fsp3) is 0.250. The highest BCUT2D eigenvalue weighted by Crippen LogP contribution is 2.37. The van der Waals surface area contributed by atoms with Crippen LogP contribution in [0.1, 0.15) is 11.1 Å². The van der Waals surface area contributed by atoms with E-state index in [1.54, 1.807) is 24.3 Å². The van der Waals surface area contributed by atoms with Crippen LogP contribution in [0.4, 0.5) is 5.69 Å². The van der Waals surface area contributed by atoms with Gasteiger partial charge in [0.15, 0.2) is 11.5 Å². The summed E-state index contributed by atoms with van der Waals surface area (Å²) in [5.74, 6) is 0.695. The van der Waals surface area contributed by atoms with Crippen molar-refractivity contribution < 1.29 is 19.5 Å². The van der Waals surface area contributed by atoms with Gasteiger partial charge in [0, 0.05) is 12.1 Å². The molecule has 0 aliphatic carbocycles. The Morgan fingerprint density at radius 3 is 1.95 bits per heavy atom. The highest BCUT2D eigenvalue weighted by atomic mass is 16.6. The van der Waals surface area contributed by atoms with Gasteiger partial charge < -0.3 is 14.6 Å². The summed E-state index contributed by atoms with van der Waals surface area (Å²) >= 11 is 0. The van der Waals surface area contributed by atoms with E-state index in [2.05, 4.69) is 0 Å². The number of nitrogens with zero attached hydrogens (tertiary/aromatic N) is 1. The smallest absolute Gasteiger partial charge is 0.269 e. The zero-order valence-electron chi connectivity index (χ0n) is 12.4. The van der Waals surface area contributed by atoms with Gasteiger partial charge in [-0.2, -0.15) is 0 Å². The topological polar surface area (TPSA) is 81.8 Å². The molecule has 2 rings (SSSR count). The maximum atomic E-state index is 10.6. The number of phenols is 1. The van der Waals surface area contributed by atoms with E-state index in [1.165, 1.54) is 26.4 Å². The van der Waals surface area contributed by atoms with E-state index < -0.39 is 4.92 Å². The molecule has 2 aromatic carbocycles. The lowest BCUT2D eigenvalue weighted by molar-refractivity contribution is -0.384. The van der Waals surface area contributed by atoms with Crippen molar-refractivity contribution in [1.82, 2.24) is 0 Å². The molecule has 22 heavy (non-hydrogen) atoms. The second-order valence-electron chi connectivity index (χ2n) is 4.77. The minimum Gasteiger partial charge on any atom is -0.502 e. The van der Waals surface area contributed by atoms with Crippen molar-refractivity contribution in [2.45, 2.75) is 12.8 Å². The SMILES string of the molecule is COc1cc(CCc2ccc([N+](=O)[O-])cc2)cc(OC)c1O. The number of aryl methyl sites for hydroxylation is 2. The van der Waals surface area contributed by atoms with Crippen LogP contribution in [0.5, 0.6) is 17.2 Å². The maximum Gasteiger partial charge on any atom is 0.269 e. The van der Waals surface area contributed by atoms with Crippen LogP contribution in [0.3, 0.4) is 0 Å². The van der Waals surface area contributed by atoms with Crippen molar-refractivity contribution in [3.8, 4) is 17.2 Å². The van der Waals surface area contributed by atoms with Gasteiger partial charge in [-0.1, -0.05) is 12.1 Å². The third kappa shape index (κ3) is 3.46. The zero-order valence-corrected chi connectivity index (χ0v) is 12.4. The summed E-state index contributed by atoms with van der Waals surface area (Å²) in [5.41, 5.74) is 2.03. The molecular weight excluding hydrogens is 286 g/mol. The van der Waals surface area contributed by atoms with Gasteiger partial charge in [0.05, 0.1) is 19.1 Å². The van der Waals surface area contributed by atoms with Crippen LogP contribution >= 0.6 is 0 Å². The molecule has 0 fully saturated rings. The van der Waals surface area contributed by atoms with E-state index in [0.717, 1.165) is 17.5 Å². The van der Waals surface area contributed by atoms with E-state index in [0.29, 0.717) is 17.9 Å². The third-order valence-electron chi connectivity index (χ3n) is 3.39. The number of nitro benzene ring substituents is 1. The van der Waals surface area contributed by atoms with Crippen LogP contribution in [-0.2, 0) is 12.8 Å². The third-order valence-corrected chi connectivity index (χ3v) is 3.39. The van der Waals surface area contributed by atoms with Crippen LogP contribution in [0.2, 0.25) is 0 Å². The molecule has 1 N–H and O–H groups in total. The molecular formula is C16H17NO5. The molecule has 0 aromatic heterocycles. The summed E-state index contributed by atoms with van der Waals surface area (Å²) in [5, 5.41) is 20.5. The number of hydrogen-bond acceptors (Lipinski definition) is 5. The maximum absolute atomic E-state index is 10.6. The molecule has 6 nitrogen and oxygen atoms in total. The summed E-state index contributed by atoms with van der Waals surface area (Å²) in [6.45, 7) is 0. The van der Waals surface area contributed by atoms with Crippen LogP contribution in [0.15, 0.2) is 36.4 Å². The molecule has 0 atom stereocenters. The first-order valence-corrected chi connectivity index (χ1v) is 6.72. The lowest BCUT2D eigenvalue weighted by atomic mass is 10.0. The second-order valence-corrected chi connectivity index (χ2v) is 4.77. The Labute approximate surface area is 128 Å². The van der Waals surface area contributed by atoms with Gasteiger partial charge in [-0.3, -0.25) is 10.1 Å². The lowest BCUT2D eigenvalue weighted by Crippen LogP contribution is -1.96. The predicted octanol–water partition coefficient (Wildman–Crippen LogP) is 3.10. The first-order valence-electron chi connectivity index (χ1n) is 6.72. The summed E-state index contributed by atoms with van der Waals surface area (Å²) in [4.78, 5) is 10.2. The Bertz CT molecular complexity index is 642. The molecule has 0 aliphatic heterocycles. The van der Waals surface area contributed by atoms with Gasteiger partial charge in [-0.15, -0.1) is 0 Å². The molecule has 116 valence electrons. The Hall–Kier alpha value is -2.76.